The number of hydrogen-bond donors (Lipinski definition) is 0. The number of fused-ring (bicyclic) bond motifs is 4. The molecule has 0 N–H and O–H groups in total. The second-order valence-corrected chi connectivity index (χ2v) is 11.3. The highest BCUT2D eigenvalue weighted by molar-refractivity contribution is 7.91. The molecule has 0 aliphatic carbocycles. The fraction of sp³-hybridized carbons (Fsp3) is 0.179. The molecule has 1 atom stereocenters. The second-order valence-electron chi connectivity index (χ2n) is 9.35. The molecule has 5 nitrogen and oxygen atoms in total. The Balaban J connectivity index is 1.64. The number of nitrogens with zero attached hydrogens (tertiary/aromatic N) is 2. The normalized spacial score (nSPS) is 20.3. The van der Waals surface area contributed by atoms with Crippen molar-refractivity contribution in [2.45, 2.75) is 34.8 Å². The minimum atomic E-state index is -3.86. The third-order valence-corrected chi connectivity index (χ3v) is 9.02. The third kappa shape index (κ3) is 2.60. The summed E-state index contributed by atoms with van der Waals surface area (Å²) in [5.74, 6) is 0.290. The van der Waals surface area contributed by atoms with Gasteiger partial charge in [-0.25, -0.2) is 8.42 Å². The Hall–Kier alpha value is -3.64. The molecule has 0 aromatic heterocycles. The van der Waals surface area contributed by atoms with Crippen LogP contribution in [0.1, 0.15) is 19.4 Å². The van der Waals surface area contributed by atoms with Crippen LogP contribution in [0.4, 0.5) is 11.4 Å². The lowest BCUT2D eigenvalue weighted by Gasteiger charge is -2.45. The highest BCUT2D eigenvalue weighted by Gasteiger charge is 2.59. The average molecular weight is 469 g/mol. The molecule has 0 saturated heterocycles. The Morgan fingerprint density at radius 2 is 1.56 bits per heavy atom. The molecule has 0 radical (unpaired) electrons. The first-order valence-electron chi connectivity index (χ1n) is 11.2. The lowest BCUT2D eigenvalue weighted by atomic mass is 9.77. The van der Waals surface area contributed by atoms with E-state index in [1.165, 1.54) is 0 Å². The third-order valence-electron chi connectivity index (χ3n) is 7.24. The zero-order chi connectivity index (χ0) is 23.7. The Labute approximate surface area is 199 Å². The van der Waals surface area contributed by atoms with Gasteiger partial charge in [-0.1, -0.05) is 60.7 Å². The quantitative estimate of drug-likeness (QED) is 0.368. The number of rotatable bonds is 2. The first-order chi connectivity index (χ1) is 16.3. The van der Waals surface area contributed by atoms with Gasteiger partial charge in [-0.15, -0.1) is 0 Å². The van der Waals surface area contributed by atoms with Crippen molar-refractivity contribution < 1.29 is 13.2 Å². The van der Waals surface area contributed by atoms with Gasteiger partial charge in [-0.3, -0.25) is 4.99 Å². The van der Waals surface area contributed by atoms with E-state index >= 15 is 0 Å². The summed E-state index contributed by atoms with van der Waals surface area (Å²) in [5, 5.41) is 1.65. The highest BCUT2D eigenvalue weighted by Crippen LogP contribution is 2.55. The van der Waals surface area contributed by atoms with Crippen molar-refractivity contribution in [1.29, 1.82) is 0 Å². The van der Waals surface area contributed by atoms with Crippen molar-refractivity contribution in [3.8, 4) is 5.75 Å². The van der Waals surface area contributed by atoms with Gasteiger partial charge in [0.15, 0.2) is 5.75 Å². The minimum Gasteiger partial charge on any atom is -0.458 e. The number of sulfone groups is 1. The van der Waals surface area contributed by atoms with Crippen molar-refractivity contribution in [3.05, 3.63) is 90.5 Å². The van der Waals surface area contributed by atoms with E-state index in [9.17, 15) is 8.42 Å². The van der Waals surface area contributed by atoms with Gasteiger partial charge in [-0.2, -0.15) is 0 Å². The van der Waals surface area contributed by atoms with Crippen LogP contribution in [0.3, 0.4) is 0 Å². The Morgan fingerprint density at radius 3 is 2.32 bits per heavy atom. The van der Waals surface area contributed by atoms with E-state index in [0.29, 0.717) is 5.69 Å². The zero-order valence-electron chi connectivity index (χ0n) is 19.2. The summed E-state index contributed by atoms with van der Waals surface area (Å²) in [6, 6.07) is 26.0. The lowest BCUT2D eigenvalue weighted by Crippen LogP contribution is -2.61. The second kappa shape index (κ2) is 6.93. The molecular weight excluding hydrogens is 444 g/mol. The first-order valence-corrected chi connectivity index (χ1v) is 12.7. The van der Waals surface area contributed by atoms with Gasteiger partial charge in [0.05, 0.1) is 16.5 Å². The van der Waals surface area contributed by atoms with E-state index in [1.54, 1.807) is 36.4 Å². The fourth-order valence-electron chi connectivity index (χ4n) is 5.30. The summed E-state index contributed by atoms with van der Waals surface area (Å²) in [7, 11) is -1.89. The van der Waals surface area contributed by atoms with Crippen LogP contribution in [0.5, 0.6) is 5.75 Å². The number of para-hydroxylation sites is 1. The number of hydrogen-bond acceptors (Lipinski definition) is 5. The first kappa shape index (κ1) is 20.9. The summed E-state index contributed by atoms with van der Waals surface area (Å²) in [6.07, 6.45) is 1.83. The summed E-state index contributed by atoms with van der Waals surface area (Å²) < 4.78 is 34.6. The molecule has 2 aliphatic rings. The molecule has 1 unspecified atom stereocenters. The van der Waals surface area contributed by atoms with Gasteiger partial charge in [0.1, 0.15) is 10.6 Å². The topological polar surface area (TPSA) is 59.0 Å². The minimum absolute atomic E-state index is 0.129. The molecule has 0 fully saturated rings. The largest absolute Gasteiger partial charge is 0.458 e. The van der Waals surface area contributed by atoms with E-state index in [4.69, 9.17) is 9.73 Å². The van der Waals surface area contributed by atoms with Crippen molar-refractivity contribution in [1.82, 2.24) is 0 Å². The molecule has 0 saturated carbocycles. The maximum absolute atomic E-state index is 13.9. The molecular formula is C28H24N2O3S. The van der Waals surface area contributed by atoms with E-state index < -0.39 is 21.0 Å². The van der Waals surface area contributed by atoms with Crippen LogP contribution in [0, 0.1) is 0 Å². The smallest absolute Gasteiger partial charge is 0.228 e. The molecule has 2 aliphatic heterocycles. The molecule has 0 amide bonds. The highest BCUT2D eigenvalue weighted by atomic mass is 32.2. The van der Waals surface area contributed by atoms with Gasteiger partial charge in [0, 0.05) is 18.1 Å². The van der Waals surface area contributed by atoms with Crippen molar-refractivity contribution in [3.63, 3.8) is 0 Å². The van der Waals surface area contributed by atoms with Gasteiger partial charge < -0.3 is 9.64 Å². The van der Waals surface area contributed by atoms with Crippen LogP contribution in [0.2, 0.25) is 0 Å². The summed E-state index contributed by atoms with van der Waals surface area (Å²) >= 11 is 0. The summed E-state index contributed by atoms with van der Waals surface area (Å²) in [4.78, 5) is 7.31. The van der Waals surface area contributed by atoms with Crippen LogP contribution < -0.4 is 9.64 Å². The van der Waals surface area contributed by atoms with Gasteiger partial charge in [-0.05, 0) is 49.1 Å². The van der Waals surface area contributed by atoms with E-state index in [0.717, 1.165) is 22.0 Å². The van der Waals surface area contributed by atoms with E-state index in [-0.39, 0.29) is 15.5 Å². The van der Waals surface area contributed by atoms with Crippen LogP contribution in [0.15, 0.2) is 99.7 Å². The standard InChI is InChI=1S/C28H24N2O3S/c1-27(2)22-15-9-10-16-23(22)30(3)28(27)18-29-25-21-14-8-7-11-19(21)17-24(26(25)33-28)34(31,32)20-12-5-4-6-13-20/h4-18H,1-3H3. The SMILES string of the molecule is CN1c2ccccc2C(C)(C)C12C=Nc1c(c(S(=O)(=O)c3ccccc3)cc3ccccc13)O2. The van der Waals surface area contributed by atoms with Gasteiger partial charge in [0.2, 0.25) is 15.6 Å². The Bertz CT molecular complexity index is 1590. The maximum atomic E-state index is 13.9. The molecule has 170 valence electrons. The number of likely N-dealkylation sites (N-methyl/N-ethyl adjacent to an activating group) is 1. The molecule has 1 spiro atoms. The van der Waals surface area contributed by atoms with Crippen LogP contribution >= 0.6 is 0 Å². The number of ether oxygens (including phenoxy) is 1. The molecule has 6 heteroatoms. The van der Waals surface area contributed by atoms with Crippen LogP contribution in [0.25, 0.3) is 10.8 Å². The predicted molar refractivity (Wildman–Crippen MR) is 135 cm³/mol. The summed E-state index contributed by atoms with van der Waals surface area (Å²) in [6.45, 7) is 4.22. The fourth-order valence-corrected chi connectivity index (χ4v) is 6.74. The number of benzene rings is 4. The number of aliphatic imine (C=N–C) groups is 1. The van der Waals surface area contributed by atoms with Crippen LogP contribution in [-0.4, -0.2) is 27.4 Å². The number of anilines is 1. The van der Waals surface area contributed by atoms with Crippen molar-refractivity contribution >= 4 is 38.2 Å². The molecule has 2 heterocycles. The molecule has 34 heavy (non-hydrogen) atoms. The van der Waals surface area contributed by atoms with Crippen molar-refractivity contribution in [2.75, 3.05) is 11.9 Å². The van der Waals surface area contributed by atoms with E-state index in [1.807, 2.05) is 49.7 Å². The molecule has 0 bridgehead atoms. The van der Waals surface area contributed by atoms with E-state index in [2.05, 4.69) is 30.9 Å². The van der Waals surface area contributed by atoms with Crippen molar-refractivity contribution in [2.24, 2.45) is 4.99 Å². The average Bonchev–Trinajstić information content (AvgIpc) is 3.02. The predicted octanol–water partition coefficient (Wildman–Crippen LogP) is 5.89. The monoisotopic (exact) mass is 468 g/mol. The molecule has 4 aromatic carbocycles. The maximum Gasteiger partial charge on any atom is 0.228 e. The molecule has 6 rings (SSSR count). The molecule has 4 aromatic rings. The van der Waals surface area contributed by atoms with Gasteiger partial charge in [0.25, 0.3) is 0 Å². The Kier molecular flexibility index (Phi) is 4.27. The van der Waals surface area contributed by atoms with Gasteiger partial charge >= 0.3 is 0 Å². The lowest BCUT2D eigenvalue weighted by molar-refractivity contribution is 0.0793. The Morgan fingerprint density at radius 1 is 0.882 bits per heavy atom. The van der Waals surface area contributed by atoms with Crippen LogP contribution in [-0.2, 0) is 15.3 Å². The zero-order valence-corrected chi connectivity index (χ0v) is 20.0. The summed E-state index contributed by atoms with van der Waals surface area (Å²) in [5.41, 5.74) is 1.24.